The van der Waals surface area contributed by atoms with E-state index in [4.69, 9.17) is 14.2 Å². The average molecular weight is 404 g/mol. The number of nitrogens with one attached hydrogen (secondary N) is 1. The second-order valence-corrected chi connectivity index (χ2v) is 7.32. The van der Waals surface area contributed by atoms with Gasteiger partial charge in [0, 0.05) is 17.6 Å². The number of hydrogen-bond donors (Lipinski definition) is 1. The molecule has 5 rings (SSSR count). The molecule has 1 N–H and O–H groups in total. The molecule has 1 aliphatic carbocycles. The van der Waals surface area contributed by atoms with Crippen LogP contribution in [-0.2, 0) is 28.9 Å². The topological polar surface area (TPSA) is 86.8 Å². The van der Waals surface area contributed by atoms with Gasteiger partial charge in [-0.1, -0.05) is 24.3 Å². The number of fused-ring (bicyclic) bond motifs is 3. The lowest BCUT2D eigenvalue weighted by Gasteiger charge is -2.12. The van der Waals surface area contributed by atoms with Crippen molar-refractivity contribution >= 4 is 22.8 Å². The van der Waals surface area contributed by atoms with E-state index in [9.17, 15) is 9.59 Å². The summed E-state index contributed by atoms with van der Waals surface area (Å²) in [7, 11) is 0. The molecular formula is C23H20N2O5. The first-order valence-electron chi connectivity index (χ1n) is 9.92. The number of rotatable bonds is 5. The molecule has 0 unspecified atom stereocenters. The molecule has 0 radical (unpaired) electrons. The van der Waals surface area contributed by atoms with E-state index < -0.39 is 5.97 Å². The molecule has 1 amide bonds. The van der Waals surface area contributed by atoms with Crippen LogP contribution in [0.4, 0.5) is 0 Å². The number of esters is 1. The van der Waals surface area contributed by atoms with E-state index in [2.05, 4.69) is 10.3 Å². The highest BCUT2D eigenvalue weighted by Gasteiger charge is 2.25. The molecule has 0 saturated heterocycles. The summed E-state index contributed by atoms with van der Waals surface area (Å²) in [6, 6.07) is 13.0. The molecule has 1 aliphatic heterocycles. The summed E-state index contributed by atoms with van der Waals surface area (Å²) < 4.78 is 16.0. The Balaban J connectivity index is 1.25. The molecule has 0 spiro atoms. The summed E-state index contributed by atoms with van der Waals surface area (Å²) in [6.45, 7) is 0.171. The maximum absolute atomic E-state index is 12.9. The van der Waals surface area contributed by atoms with Crippen molar-refractivity contribution in [3.05, 3.63) is 64.8 Å². The zero-order chi connectivity index (χ0) is 20.5. The molecule has 7 nitrogen and oxygen atoms in total. The number of nitrogens with zero attached hydrogens (tertiary/aromatic N) is 1. The smallest absolute Gasteiger partial charge is 0.339 e. The molecule has 3 aromatic rings. The average Bonchev–Trinajstić information content (AvgIpc) is 3.42. The number of carbonyl (C=O) groups excluding carboxylic acids is 2. The van der Waals surface area contributed by atoms with E-state index >= 15 is 0 Å². The highest BCUT2D eigenvalue weighted by molar-refractivity contribution is 6.05. The van der Waals surface area contributed by atoms with Gasteiger partial charge < -0.3 is 19.5 Å². The highest BCUT2D eigenvalue weighted by Crippen LogP contribution is 2.32. The maximum Gasteiger partial charge on any atom is 0.339 e. The molecule has 30 heavy (non-hydrogen) atoms. The summed E-state index contributed by atoms with van der Waals surface area (Å²) in [5.41, 5.74) is 4.08. The van der Waals surface area contributed by atoms with E-state index in [0.717, 1.165) is 47.0 Å². The Morgan fingerprint density at radius 2 is 1.93 bits per heavy atom. The van der Waals surface area contributed by atoms with Gasteiger partial charge in [-0.2, -0.15) is 0 Å². The zero-order valence-electron chi connectivity index (χ0n) is 16.3. The number of benzene rings is 2. The third kappa shape index (κ3) is 3.43. The zero-order valence-corrected chi connectivity index (χ0v) is 16.3. The molecule has 0 atom stereocenters. The van der Waals surface area contributed by atoms with E-state index in [1.807, 2.05) is 36.4 Å². The fourth-order valence-corrected chi connectivity index (χ4v) is 3.95. The number of hydrogen-bond acceptors (Lipinski definition) is 6. The number of aromatic nitrogens is 1. The van der Waals surface area contributed by atoms with Crippen LogP contribution in [0.1, 0.15) is 33.6 Å². The van der Waals surface area contributed by atoms with Crippen LogP contribution in [0.15, 0.2) is 42.5 Å². The van der Waals surface area contributed by atoms with E-state index in [1.165, 1.54) is 0 Å². The van der Waals surface area contributed by atoms with E-state index in [0.29, 0.717) is 23.6 Å². The minimum absolute atomic E-state index is 0.203. The number of para-hydroxylation sites is 1. The fourth-order valence-electron chi connectivity index (χ4n) is 3.95. The van der Waals surface area contributed by atoms with Gasteiger partial charge >= 0.3 is 5.97 Å². The van der Waals surface area contributed by atoms with Crippen molar-refractivity contribution in [2.75, 3.05) is 13.4 Å². The van der Waals surface area contributed by atoms with Gasteiger partial charge in [0.1, 0.15) is 0 Å². The molecule has 0 fully saturated rings. The minimum Gasteiger partial charge on any atom is -0.454 e. The van der Waals surface area contributed by atoms with E-state index in [-0.39, 0.29) is 19.3 Å². The van der Waals surface area contributed by atoms with Gasteiger partial charge in [0.25, 0.3) is 5.91 Å². The van der Waals surface area contributed by atoms with Gasteiger partial charge in [0.2, 0.25) is 6.79 Å². The fraction of sp³-hybridized carbons (Fsp3) is 0.261. The molecule has 2 heterocycles. The Hall–Kier alpha value is -3.61. The predicted octanol–water partition coefficient (Wildman–Crippen LogP) is 2.93. The van der Waals surface area contributed by atoms with Crippen LogP contribution >= 0.6 is 0 Å². The van der Waals surface area contributed by atoms with Crippen molar-refractivity contribution in [3.63, 3.8) is 0 Å². The molecule has 152 valence electrons. The number of pyridine rings is 1. The number of aryl methyl sites for hydroxylation is 1. The first kappa shape index (κ1) is 18.4. The summed E-state index contributed by atoms with van der Waals surface area (Å²) in [5.74, 6) is 0.503. The Bertz CT molecular complexity index is 1160. The van der Waals surface area contributed by atoms with Gasteiger partial charge in [0.05, 0.1) is 11.1 Å². The van der Waals surface area contributed by atoms with Crippen LogP contribution in [0.3, 0.4) is 0 Å². The van der Waals surface area contributed by atoms with Crippen LogP contribution in [0.5, 0.6) is 11.5 Å². The normalized spacial score (nSPS) is 13.9. The highest BCUT2D eigenvalue weighted by atomic mass is 16.7. The number of amides is 1. The van der Waals surface area contributed by atoms with Crippen LogP contribution in [0, 0.1) is 0 Å². The van der Waals surface area contributed by atoms with Crippen LogP contribution in [-0.4, -0.2) is 30.3 Å². The van der Waals surface area contributed by atoms with Crippen LogP contribution < -0.4 is 14.8 Å². The first-order valence-corrected chi connectivity index (χ1v) is 9.92. The van der Waals surface area contributed by atoms with E-state index in [1.54, 1.807) is 6.07 Å². The summed E-state index contributed by atoms with van der Waals surface area (Å²) in [5, 5.41) is 3.53. The Morgan fingerprint density at radius 3 is 2.87 bits per heavy atom. The predicted molar refractivity (Wildman–Crippen MR) is 108 cm³/mol. The Labute approximate surface area is 173 Å². The summed E-state index contributed by atoms with van der Waals surface area (Å²) in [4.78, 5) is 29.8. The molecule has 2 aromatic carbocycles. The van der Waals surface area contributed by atoms with Crippen molar-refractivity contribution in [1.29, 1.82) is 0 Å². The van der Waals surface area contributed by atoms with Crippen molar-refractivity contribution in [2.45, 2.75) is 25.8 Å². The minimum atomic E-state index is -0.482. The van der Waals surface area contributed by atoms with Crippen molar-refractivity contribution in [2.24, 2.45) is 0 Å². The summed E-state index contributed by atoms with van der Waals surface area (Å²) in [6.07, 6.45) is 2.62. The second kappa shape index (κ2) is 7.67. The standard InChI is InChI=1S/C23H20N2O5/c26-21(24-11-14-8-9-19-20(10-14)30-13-29-19)12-28-23(27)22-15-4-1-2-6-17(15)25-18-7-3-5-16(18)22/h1-2,4,6,8-10H,3,5,7,11-13H2,(H,24,26). The lowest BCUT2D eigenvalue weighted by atomic mass is 10.0. The van der Waals surface area contributed by atoms with Gasteiger partial charge in [-0.3, -0.25) is 9.78 Å². The molecule has 0 saturated carbocycles. The third-order valence-electron chi connectivity index (χ3n) is 5.38. The van der Waals surface area contributed by atoms with Crippen molar-refractivity contribution in [1.82, 2.24) is 10.3 Å². The van der Waals surface area contributed by atoms with Gasteiger partial charge in [0.15, 0.2) is 18.1 Å². The monoisotopic (exact) mass is 404 g/mol. The second-order valence-electron chi connectivity index (χ2n) is 7.32. The lowest BCUT2D eigenvalue weighted by molar-refractivity contribution is -0.124. The van der Waals surface area contributed by atoms with Gasteiger partial charge in [-0.25, -0.2) is 4.79 Å². The molecule has 2 aliphatic rings. The van der Waals surface area contributed by atoms with Gasteiger partial charge in [-0.05, 0) is 48.6 Å². The quantitative estimate of drug-likeness (QED) is 0.658. The SMILES string of the molecule is O=C(COC(=O)c1c2c(nc3ccccc13)CCC2)NCc1ccc2c(c1)OCO2. The first-order chi connectivity index (χ1) is 14.7. The molecular weight excluding hydrogens is 384 g/mol. The van der Waals surface area contributed by atoms with Crippen LogP contribution in [0.2, 0.25) is 0 Å². The van der Waals surface area contributed by atoms with Crippen molar-refractivity contribution in [3.8, 4) is 11.5 Å². The maximum atomic E-state index is 12.9. The Kier molecular flexibility index (Phi) is 4.71. The third-order valence-corrected chi connectivity index (χ3v) is 5.38. The largest absolute Gasteiger partial charge is 0.454 e. The number of ether oxygens (including phenoxy) is 3. The van der Waals surface area contributed by atoms with Crippen LogP contribution in [0.25, 0.3) is 10.9 Å². The number of carbonyl (C=O) groups is 2. The Morgan fingerprint density at radius 1 is 1.07 bits per heavy atom. The molecule has 0 bridgehead atoms. The lowest BCUT2D eigenvalue weighted by Crippen LogP contribution is -2.28. The van der Waals surface area contributed by atoms with Crippen molar-refractivity contribution < 1.29 is 23.8 Å². The summed E-state index contributed by atoms with van der Waals surface area (Å²) >= 11 is 0. The van der Waals surface area contributed by atoms with Gasteiger partial charge in [-0.15, -0.1) is 0 Å². The molecule has 1 aromatic heterocycles. The molecule has 7 heteroatoms.